The summed E-state index contributed by atoms with van der Waals surface area (Å²) in [6, 6.07) is 7.05. The molecule has 1 aromatic carbocycles. The molecule has 1 saturated heterocycles. The molecule has 27 heavy (non-hydrogen) atoms. The fourth-order valence-electron chi connectivity index (χ4n) is 4.75. The standard InChI is InChI=1S/C22H31N3O2/c1-15(2)25-20-11-17(4-5-18(20)14-23-25)10-16-6-8-24(9-7-16)21(26)19-12-22(3,27)13-19/h4-5,11,14-16,19,27H,6-10,12-13H2,1-3H3. The molecule has 0 spiro atoms. The van der Waals surface area contributed by atoms with E-state index in [9.17, 15) is 9.90 Å². The van der Waals surface area contributed by atoms with Crippen molar-refractivity contribution in [3.05, 3.63) is 30.0 Å². The lowest BCUT2D eigenvalue weighted by Crippen LogP contribution is -2.51. The maximum atomic E-state index is 12.6. The van der Waals surface area contributed by atoms with Gasteiger partial charge in [-0.1, -0.05) is 12.1 Å². The summed E-state index contributed by atoms with van der Waals surface area (Å²) in [6.07, 6.45) is 6.39. The molecule has 1 amide bonds. The van der Waals surface area contributed by atoms with Gasteiger partial charge in [0.2, 0.25) is 5.91 Å². The SMILES string of the molecule is CC(C)n1ncc2ccc(CC3CCN(C(=O)C4CC(C)(O)C4)CC3)cc21. The maximum Gasteiger partial charge on any atom is 0.225 e. The van der Waals surface area contributed by atoms with Crippen molar-refractivity contribution in [1.82, 2.24) is 14.7 Å². The Labute approximate surface area is 161 Å². The topological polar surface area (TPSA) is 58.4 Å². The highest BCUT2D eigenvalue weighted by Crippen LogP contribution is 2.39. The van der Waals surface area contributed by atoms with Crippen LogP contribution in [0.25, 0.3) is 10.9 Å². The average molecular weight is 370 g/mol. The first-order valence-electron chi connectivity index (χ1n) is 10.3. The Hall–Kier alpha value is -1.88. The second kappa shape index (κ2) is 6.93. The van der Waals surface area contributed by atoms with Crippen molar-refractivity contribution < 1.29 is 9.90 Å². The van der Waals surface area contributed by atoms with E-state index in [0.717, 1.165) is 32.4 Å². The molecule has 1 aromatic heterocycles. The van der Waals surface area contributed by atoms with Crippen LogP contribution in [0, 0.1) is 11.8 Å². The molecule has 0 bridgehead atoms. The summed E-state index contributed by atoms with van der Waals surface area (Å²) < 4.78 is 2.09. The number of piperidine rings is 1. The molecule has 5 nitrogen and oxygen atoms in total. The van der Waals surface area contributed by atoms with Crippen LogP contribution in [0.4, 0.5) is 0 Å². The van der Waals surface area contributed by atoms with Gasteiger partial charge in [0.1, 0.15) is 0 Å². The van der Waals surface area contributed by atoms with E-state index in [1.807, 2.05) is 18.0 Å². The van der Waals surface area contributed by atoms with Gasteiger partial charge in [-0.2, -0.15) is 5.10 Å². The van der Waals surface area contributed by atoms with Gasteiger partial charge in [-0.05, 0) is 70.4 Å². The van der Waals surface area contributed by atoms with E-state index < -0.39 is 5.60 Å². The van der Waals surface area contributed by atoms with Crippen LogP contribution in [0.2, 0.25) is 0 Å². The highest BCUT2D eigenvalue weighted by Gasteiger charge is 2.44. The third kappa shape index (κ3) is 3.75. The van der Waals surface area contributed by atoms with E-state index in [1.165, 1.54) is 16.5 Å². The van der Waals surface area contributed by atoms with Crippen LogP contribution in [-0.4, -0.2) is 44.4 Å². The van der Waals surface area contributed by atoms with Crippen molar-refractivity contribution >= 4 is 16.8 Å². The van der Waals surface area contributed by atoms with Gasteiger partial charge in [-0.15, -0.1) is 0 Å². The monoisotopic (exact) mass is 369 g/mol. The second-order valence-corrected chi connectivity index (χ2v) is 9.15. The smallest absolute Gasteiger partial charge is 0.225 e. The number of carbonyl (C=O) groups is 1. The Bertz CT molecular complexity index is 823. The summed E-state index contributed by atoms with van der Waals surface area (Å²) in [6.45, 7) is 7.86. The first-order valence-corrected chi connectivity index (χ1v) is 10.3. The average Bonchev–Trinajstić information content (AvgIpc) is 3.03. The molecule has 2 aliphatic rings. The molecule has 4 rings (SSSR count). The molecule has 2 fully saturated rings. The molecule has 2 aromatic rings. The summed E-state index contributed by atoms with van der Waals surface area (Å²) in [4.78, 5) is 14.6. The number of hydrogen-bond donors (Lipinski definition) is 1. The first-order chi connectivity index (χ1) is 12.8. The lowest BCUT2D eigenvalue weighted by molar-refractivity contribution is -0.151. The van der Waals surface area contributed by atoms with Gasteiger partial charge in [0.25, 0.3) is 0 Å². The number of likely N-dealkylation sites (tertiary alicyclic amines) is 1. The van der Waals surface area contributed by atoms with E-state index in [1.54, 1.807) is 0 Å². The quantitative estimate of drug-likeness (QED) is 0.896. The van der Waals surface area contributed by atoms with Crippen molar-refractivity contribution in [3.8, 4) is 0 Å². The molecular formula is C22H31N3O2. The maximum absolute atomic E-state index is 12.6. The van der Waals surface area contributed by atoms with Crippen molar-refractivity contribution in [2.45, 2.75) is 64.5 Å². The number of carbonyl (C=O) groups excluding carboxylic acids is 1. The van der Waals surface area contributed by atoms with Crippen LogP contribution < -0.4 is 0 Å². The van der Waals surface area contributed by atoms with E-state index >= 15 is 0 Å². The molecule has 1 aliphatic carbocycles. The summed E-state index contributed by atoms with van der Waals surface area (Å²) >= 11 is 0. The van der Waals surface area contributed by atoms with Gasteiger partial charge < -0.3 is 10.0 Å². The van der Waals surface area contributed by atoms with Crippen LogP contribution >= 0.6 is 0 Å². The molecule has 0 radical (unpaired) electrons. The third-order valence-corrected chi connectivity index (χ3v) is 6.32. The Balaban J connectivity index is 1.35. The van der Waals surface area contributed by atoms with E-state index in [-0.39, 0.29) is 11.8 Å². The number of hydrogen-bond acceptors (Lipinski definition) is 3. The van der Waals surface area contributed by atoms with Gasteiger partial charge in [0.05, 0.1) is 17.3 Å². The van der Waals surface area contributed by atoms with E-state index in [4.69, 9.17) is 0 Å². The van der Waals surface area contributed by atoms with Crippen molar-refractivity contribution in [2.24, 2.45) is 11.8 Å². The molecule has 1 saturated carbocycles. The fourth-order valence-corrected chi connectivity index (χ4v) is 4.75. The number of rotatable bonds is 4. The van der Waals surface area contributed by atoms with Gasteiger partial charge in [-0.25, -0.2) is 0 Å². The Morgan fingerprint density at radius 1 is 1.30 bits per heavy atom. The molecule has 5 heteroatoms. The van der Waals surface area contributed by atoms with Crippen molar-refractivity contribution in [1.29, 1.82) is 0 Å². The van der Waals surface area contributed by atoms with Crippen LogP contribution in [0.5, 0.6) is 0 Å². The second-order valence-electron chi connectivity index (χ2n) is 9.15. The van der Waals surface area contributed by atoms with Gasteiger partial charge >= 0.3 is 0 Å². The molecule has 2 heterocycles. The molecule has 0 atom stereocenters. The van der Waals surface area contributed by atoms with Crippen molar-refractivity contribution in [3.63, 3.8) is 0 Å². The lowest BCUT2D eigenvalue weighted by atomic mass is 9.71. The summed E-state index contributed by atoms with van der Waals surface area (Å²) in [5.74, 6) is 0.920. The number of amides is 1. The summed E-state index contributed by atoms with van der Waals surface area (Å²) in [7, 11) is 0. The van der Waals surface area contributed by atoms with Crippen LogP contribution in [0.15, 0.2) is 24.4 Å². The van der Waals surface area contributed by atoms with Crippen LogP contribution in [0.1, 0.15) is 58.1 Å². The van der Waals surface area contributed by atoms with Crippen molar-refractivity contribution in [2.75, 3.05) is 13.1 Å². The predicted molar refractivity (Wildman–Crippen MR) is 106 cm³/mol. The van der Waals surface area contributed by atoms with Gasteiger partial charge in [0.15, 0.2) is 0 Å². The molecule has 0 unspecified atom stereocenters. The Morgan fingerprint density at radius 3 is 2.63 bits per heavy atom. The zero-order valence-electron chi connectivity index (χ0n) is 16.7. The molecular weight excluding hydrogens is 338 g/mol. The largest absolute Gasteiger partial charge is 0.390 e. The number of fused-ring (bicyclic) bond motifs is 1. The lowest BCUT2D eigenvalue weighted by Gasteiger charge is -2.43. The zero-order valence-corrected chi connectivity index (χ0v) is 16.7. The summed E-state index contributed by atoms with van der Waals surface area (Å²) in [5.41, 5.74) is 1.96. The normalized spacial score (nSPS) is 26.6. The molecule has 1 aliphatic heterocycles. The predicted octanol–water partition coefficient (Wildman–Crippen LogP) is 3.56. The number of nitrogens with zero attached hydrogens (tertiary/aromatic N) is 3. The van der Waals surface area contributed by atoms with Crippen LogP contribution in [-0.2, 0) is 11.2 Å². The highest BCUT2D eigenvalue weighted by molar-refractivity contribution is 5.80. The first kappa shape index (κ1) is 18.5. The zero-order chi connectivity index (χ0) is 19.2. The number of aromatic nitrogens is 2. The third-order valence-electron chi connectivity index (χ3n) is 6.32. The molecule has 146 valence electrons. The molecule has 1 N–H and O–H groups in total. The minimum absolute atomic E-state index is 0.0373. The van der Waals surface area contributed by atoms with E-state index in [0.29, 0.717) is 24.8 Å². The minimum atomic E-state index is -0.625. The highest BCUT2D eigenvalue weighted by atomic mass is 16.3. The fraction of sp³-hybridized carbons (Fsp3) is 0.636. The van der Waals surface area contributed by atoms with Gasteiger partial charge in [-0.3, -0.25) is 9.48 Å². The van der Waals surface area contributed by atoms with Gasteiger partial charge in [0, 0.05) is 30.4 Å². The van der Waals surface area contributed by atoms with Crippen LogP contribution in [0.3, 0.4) is 0 Å². The Morgan fingerprint density at radius 2 is 2.00 bits per heavy atom. The van der Waals surface area contributed by atoms with E-state index in [2.05, 4.69) is 41.8 Å². The Kier molecular flexibility index (Phi) is 4.75. The minimum Gasteiger partial charge on any atom is -0.390 e. The summed E-state index contributed by atoms with van der Waals surface area (Å²) in [5, 5.41) is 15.6. The number of aliphatic hydroxyl groups is 1. The number of benzene rings is 1.